The Bertz CT molecular complexity index is 229. The smallest absolute Gasteiger partial charge is 0.154 e. The predicted octanol–water partition coefficient (Wildman–Crippen LogP) is 3.02. The average Bonchev–Trinajstić information content (AvgIpc) is 2.10. The number of halogens is 1. The van der Waals surface area contributed by atoms with Crippen LogP contribution in [0.2, 0.25) is 0 Å². The molecule has 1 aromatic heterocycles. The van der Waals surface area contributed by atoms with Crippen molar-refractivity contribution in [1.29, 1.82) is 0 Å². The van der Waals surface area contributed by atoms with Gasteiger partial charge in [-0.3, -0.25) is 0 Å². The van der Waals surface area contributed by atoms with E-state index in [1.807, 2.05) is 0 Å². The van der Waals surface area contributed by atoms with Crippen LogP contribution in [0.3, 0.4) is 0 Å². The molecular formula is C7H8INS. The lowest BCUT2D eigenvalue weighted by atomic mass is 9.83. The molecule has 3 heteroatoms. The Morgan fingerprint density at radius 3 is 2.80 bits per heavy atom. The van der Waals surface area contributed by atoms with Crippen LogP contribution in [-0.4, -0.2) is 4.98 Å². The normalized spacial score (nSPS) is 18.9. The third-order valence-corrected chi connectivity index (χ3v) is 3.67. The molecule has 10 heavy (non-hydrogen) atoms. The molecule has 1 fully saturated rings. The first-order chi connectivity index (χ1) is 4.86. The zero-order valence-electron chi connectivity index (χ0n) is 5.51. The summed E-state index contributed by atoms with van der Waals surface area (Å²) >= 11 is 4.04. The second-order valence-electron chi connectivity index (χ2n) is 2.65. The molecule has 0 N–H and O–H groups in total. The molecule has 1 nitrogen and oxygen atoms in total. The van der Waals surface area contributed by atoms with Crippen LogP contribution in [-0.2, 0) is 0 Å². The average molecular weight is 265 g/mol. The first-order valence-corrected chi connectivity index (χ1v) is 5.43. The summed E-state index contributed by atoms with van der Waals surface area (Å²) in [5, 5.41) is 2.20. The Hall–Kier alpha value is 0.360. The van der Waals surface area contributed by atoms with Crippen molar-refractivity contribution in [2.75, 3.05) is 0 Å². The van der Waals surface area contributed by atoms with Gasteiger partial charge in [0.15, 0.2) is 3.01 Å². The number of aromatic nitrogens is 1. The molecule has 2 rings (SSSR count). The van der Waals surface area contributed by atoms with E-state index in [9.17, 15) is 0 Å². The minimum atomic E-state index is 0.805. The van der Waals surface area contributed by atoms with E-state index in [1.165, 1.54) is 28.0 Å². The fourth-order valence-electron chi connectivity index (χ4n) is 1.15. The van der Waals surface area contributed by atoms with Gasteiger partial charge >= 0.3 is 0 Å². The summed E-state index contributed by atoms with van der Waals surface area (Å²) in [6, 6.07) is 0. The Morgan fingerprint density at radius 1 is 1.60 bits per heavy atom. The zero-order chi connectivity index (χ0) is 6.97. The molecule has 0 radical (unpaired) electrons. The molecule has 1 aliphatic carbocycles. The van der Waals surface area contributed by atoms with Crippen molar-refractivity contribution in [3.63, 3.8) is 0 Å². The van der Waals surface area contributed by atoms with E-state index in [1.54, 1.807) is 11.3 Å². The minimum absolute atomic E-state index is 0.805. The summed E-state index contributed by atoms with van der Waals surface area (Å²) in [7, 11) is 0. The van der Waals surface area contributed by atoms with Gasteiger partial charge < -0.3 is 0 Å². The van der Waals surface area contributed by atoms with E-state index in [0.717, 1.165) is 5.92 Å². The molecule has 0 spiro atoms. The van der Waals surface area contributed by atoms with Crippen molar-refractivity contribution < 1.29 is 0 Å². The fourth-order valence-corrected chi connectivity index (χ4v) is 2.44. The molecule has 1 heterocycles. The molecule has 1 saturated carbocycles. The van der Waals surface area contributed by atoms with Gasteiger partial charge in [0.05, 0.1) is 5.69 Å². The van der Waals surface area contributed by atoms with E-state index < -0.39 is 0 Å². The van der Waals surface area contributed by atoms with E-state index >= 15 is 0 Å². The van der Waals surface area contributed by atoms with Crippen LogP contribution in [0.25, 0.3) is 0 Å². The lowest BCUT2D eigenvalue weighted by molar-refractivity contribution is 0.412. The van der Waals surface area contributed by atoms with E-state index in [4.69, 9.17) is 0 Å². The SMILES string of the molecule is Ic1nc(C2CCC2)cs1. The van der Waals surface area contributed by atoms with Gasteiger partial charge in [0.2, 0.25) is 0 Å². The van der Waals surface area contributed by atoms with Gasteiger partial charge in [-0.2, -0.15) is 0 Å². The molecular weight excluding hydrogens is 257 g/mol. The second-order valence-corrected chi connectivity index (χ2v) is 5.27. The van der Waals surface area contributed by atoms with Gasteiger partial charge in [0.25, 0.3) is 0 Å². The number of rotatable bonds is 1. The highest BCUT2D eigenvalue weighted by atomic mass is 127. The fraction of sp³-hybridized carbons (Fsp3) is 0.571. The standard InChI is InChI=1S/C7H8INS/c8-7-9-6(4-10-7)5-2-1-3-5/h4-5H,1-3H2. The van der Waals surface area contributed by atoms with Crippen LogP contribution in [0.1, 0.15) is 30.9 Å². The van der Waals surface area contributed by atoms with E-state index in [0.29, 0.717) is 0 Å². The number of thiazole rings is 1. The van der Waals surface area contributed by atoms with Gasteiger partial charge in [-0.25, -0.2) is 4.98 Å². The van der Waals surface area contributed by atoms with Crippen molar-refractivity contribution >= 4 is 33.9 Å². The first-order valence-electron chi connectivity index (χ1n) is 3.47. The van der Waals surface area contributed by atoms with Gasteiger partial charge in [0, 0.05) is 11.3 Å². The van der Waals surface area contributed by atoms with Gasteiger partial charge in [-0.1, -0.05) is 6.42 Å². The summed E-state index contributed by atoms with van der Waals surface area (Å²) in [6.45, 7) is 0. The highest BCUT2D eigenvalue weighted by molar-refractivity contribution is 14.1. The second kappa shape index (κ2) is 2.77. The maximum atomic E-state index is 4.44. The Morgan fingerprint density at radius 2 is 2.40 bits per heavy atom. The minimum Gasteiger partial charge on any atom is -0.235 e. The quantitative estimate of drug-likeness (QED) is 0.711. The molecule has 0 bridgehead atoms. The lowest BCUT2D eigenvalue weighted by Gasteiger charge is -2.22. The van der Waals surface area contributed by atoms with Crippen molar-refractivity contribution in [2.45, 2.75) is 25.2 Å². The summed E-state index contributed by atoms with van der Waals surface area (Å²) in [4.78, 5) is 4.44. The van der Waals surface area contributed by atoms with E-state index in [-0.39, 0.29) is 0 Å². The van der Waals surface area contributed by atoms with Gasteiger partial charge in [0.1, 0.15) is 0 Å². The Kier molecular flexibility index (Phi) is 1.95. The molecule has 0 aliphatic heterocycles. The van der Waals surface area contributed by atoms with Gasteiger partial charge in [-0.05, 0) is 35.4 Å². The molecule has 0 saturated heterocycles. The molecule has 1 aliphatic rings. The predicted molar refractivity (Wildman–Crippen MR) is 51.4 cm³/mol. The maximum absolute atomic E-state index is 4.44. The third kappa shape index (κ3) is 1.21. The van der Waals surface area contributed by atoms with Crippen LogP contribution in [0.15, 0.2) is 5.38 Å². The Labute approximate surface area is 78.0 Å². The summed E-state index contributed by atoms with van der Waals surface area (Å²) in [5.74, 6) is 0.805. The third-order valence-electron chi connectivity index (χ3n) is 2.02. The van der Waals surface area contributed by atoms with Crippen LogP contribution >= 0.6 is 33.9 Å². The number of hydrogen-bond donors (Lipinski definition) is 0. The van der Waals surface area contributed by atoms with Crippen molar-refractivity contribution in [3.05, 3.63) is 14.1 Å². The molecule has 54 valence electrons. The van der Waals surface area contributed by atoms with Crippen LogP contribution in [0, 0.1) is 3.01 Å². The van der Waals surface area contributed by atoms with Crippen molar-refractivity contribution in [2.24, 2.45) is 0 Å². The summed E-state index contributed by atoms with van der Waals surface area (Å²) < 4.78 is 1.18. The van der Waals surface area contributed by atoms with Crippen LogP contribution in [0.5, 0.6) is 0 Å². The number of nitrogens with zero attached hydrogens (tertiary/aromatic N) is 1. The van der Waals surface area contributed by atoms with Gasteiger partial charge in [-0.15, -0.1) is 11.3 Å². The molecule has 0 amide bonds. The summed E-state index contributed by atoms with van der Waals surface area (Å²) in [6.07, 6.45) is 4.12. The zero-order valence-corrected chi connectivity index (χ0v) is 8.48. The molecule has 0 unspecified atom stereocenters. The maximum Gasteiger partial charge on any atom is 0.154 e. The monoisotopic (exact) mass is 265 g/mol. The van der Waals surface area contributed by atoms with E-state index in [2.05, 4.69) is 33.0 Å². The molecule has 1 aromatic rings. The van der Waals surface area contributed by atoms with Crippen LogP contribution in [0.4, 0.5) is 0 Å². The van der Waals surface area contributed by atoms with Crippen LogP contribution < -0.4 is 0 Å². The number of hydrogen-bond acceptors (Lipinski definition) is 2. The lowest BCUT2D eigenvalue weighted by Crippen LogP contribution is -2.08. The highest BCUT2D eigenvalue weighted by Gasteiger charge is 2.21. The van der Waals surface area contributed by atoms with Crippen molar-refractivity contribution in [3.8, 4) is 0 Å². The molecule has 0 aromatic carbocycles. The molecule has 0 atom stereocenters. The summed E-state index contributed by atoms with van der Waals surface area (Å²) in [5.41, 5.74) is 1.33. The van der Waals surface area contributed by atoms with Crippen molar-refractivity contribution in [1.82, 2.24) is 4.98 Å². The largest absolute Gasteiger partial charge is 0.235 e. The first kappa shape index (κ1) is 7.03. The Balaban J connectivity index is 2.17. The highest BCUT2D eigenvalue weighted by Crippen LogP contribution is 2.36. The topological polar surface area (TPSA) is 12.9 Å².